The Labute approximate surface area is 119 Å². The molecule has 0 unspecified atom stereocenters. The lowest BCUT2D eigenvalue weighted by Crippen LogP contribution is -2.16. The number of aryl methyl sites for hydroxylation is 3. The normalized spacial score (nSPS) is 10.6. The number of hydrogen-bond donors (Lipinski definition) is 2. The van der Waals surface area contributed by atoms with Crippen LogP contribution in [0.15, 0.2) is 30.5 Å². The van der Waals surface area contributed by atoms with Crippen molar-refractivity contribution < 1.29 is 4.79 Å². The highest BCUT2D eigenvalue weighted by atomic mass is 16.1. The minimum absolute atomic E-state index is 0.126. The van der Waals surface area contributed by atoms with Crippen LogP contribution in [0.4, 0.5) is 11.4 Å². The van der Waals surface area contributed by atoms with Crippen molar-refractivity contribution in [3.63, 3.8) is 0 Å². The summed E-state index contributed by atoms with van der Waals surface area (Å²) in [6.07, 6.45) is 2.76. The molecule has 20 heavy (non-hydrogen) atoms. The van der Waals surface area contributed by atoms with Crippen LogP contribution in [0.25, 0.3) is 0 Å². The van der Waals surface area contributed by atoms with Gasteiger partial charge in [-0.1, -0.05) is 13.0 Å². The molecule has 106 valence electrons. The lowest BCUT2D eigenvalue weighted by atomic mass is 10.1. The maximum Gasteiger partial charge on any atom is 0.272 e. The molecule has 1 heterocycles. The molecule has 3 N–H and O–H groups in total. The van der Waals surface area contributed by atoms with Gasteiger partial charge in [0, 0.05) is 18.4 Å². The standard InChI is InChI=1S/C16H21N3O/c1-4-7-19-10-13(17)9-15(19)16(20)18-14-6-5-11(2)12(3)8-14/h5-6,8-10H,4,7,17H2,1-3H3,(H,18,20). The second-order valence-corrected chi connectivity index (χ2v) is 5.11. The minimum atomic E-state index is -0.126. The van der Waals surface area contributed by atoms with Crippen LogP contribution < -0.4 is 11.1 Å². The van der Waals surface area contributed by atoms with E-state index in [2.05, 4.69) is 12.2 Å². The quantitative estimate of drug-likeness (QED) is 0.895. The first-order valence-corrected chi connectivity index (χ1v) is 6.85. The molecule has 0 bridgehead atoms. The predicted octanol–water partition coefficient (Wildman–Crippen LogP) is 3.35. The van der Waals surface area contributed by atoms with Crippen molar-refractivity contribution in [1.29, 1.82) is 0 Å². The molecule has 4 heteroatoms. The summed E-state index contributed by atoms with van der Waals surface area (Å²) in [6.45, 7) is 6.94. The van der Waals surface area contributed by atoms with Crippen LogP contribution in [0, 0.1) is 13.8 Å². The number of nitrogens with one attached hydrogen (secondary N) is 1. The molecular formula is C16H21N3O. The van der Waals surface area contributed by atoms with Crippen molar-refractivity contribution in [2.24, 2.45) is 0 Å². The van der Waals surface area contributed by atoms with Gasteiger partial charge in [-0.25, -0.2) is 0 Å². The molecule has 4 nitrogen and oxygen atoms in total. The third-order valence-corrected chi connectivity index (χ3v) is 3.38. The van der Waals surface area contributed by atoms with Crippen LogP contribution >= 0.6 is 0 Å². The van der Waals surface area contributed by atoms with Gasteiger partial charge < -0.3 is 15.6 Å². The Kier molecular flexibility index (Phi) is 4.13. The first-order chi connectivity index (χ1) is 9.51. The maximum atomic E-state index is 12.3. The van der Waals surface area contributed by atoms with Crippen molar-refractivity contribution >= 4 is 17.3 Å². The zero-order chi connectivity index (χ0) is 14.7. The Morgan fingerprint density at radius 2 is 2.00 bits per heavy atom. The van der Waals surface area contributed by atoms with E-state index in [-0.39, 0.29) is 5.91 Å². The highest BCUT2D eigenvalue weighted by Gasteiger charge is 2.13. The van der Waals surface area contributed by atoms with Crippen LogP contribution in [-0.2, 0) is 6.54 Å². The lowest BCUT2D eigenvalue weighted by molar-refractivity contribution is 0.101. The molecule has 0 saturated heterocycles. The highest BCUT2D eigenvalue weighted by Crippen LogP contribution is 2.17. The average Bonchev–Trinajstić information content (AvgIpc) is 2.75. The zero-order valence-corrected chi connectivity index (χ0v) is 12.2. The number of hydrogen-bond acceptors (Lipinski definition) is 2. The topological polar surface area (TPSA) is 60.0 Å². The molecule has 1 amide bonds. The third kappa shape index (κ3) is 3.02. The van der Waals surface area contributed by atoms with E-state index in [9.17, 15) is 4.79 Å². The summed E-state index contributed by atoms with van der Waals surface area (Å²) in [5.74, 6) is -0.126. The summed E-state index contributed by atoms with van der Waals surface area (Å²) in [4.78, 5) is 12.3. The van der Waals surface area contributed by atoms with E-state index in [0.717, 1.165) is 24.2 Å². The molecule has 0 spiro atoms. The lowest BCUT2D eigenvalue weighted by Gasteiger charge is -2.10. The maximum absolute atomic E-state index is 12.3. The second kappa shape index (κ2) is 5.82. The third-order valence-electron chi connectivity index (χ3n) is 3.38. The van der Waals surface area contributed by atoms with Gasteiger partial charge in [0.15, 0.2) is 0 Å². The minimum Gasteiger partial charge on any atom is -0.397 e. The van der Waals surface area contributed by atoms with Gasteiger partial charge in [-0.2, -0.15) is 0 Å². The van der Waals surface area contributed by atoms with Crippen molar-refractivity contribution in [2.75, 3.05) is 11.1 Å². The Hall–Kier alpha value is -2.23. The van der Waals surface area contributed by atoms with E-state index in [1.165, 1.54) is 5.56 Å². The van der Waals surface area contributed by atoms with Crippen molar-refractivity contribution in [3.05, 3.63) is 47.3 Å². The number of aromatic nitrogens is 1. The molecule has 2 rings (SSSR count). The molecule has 0 saturated carbocycles. The van der Waals surface area contributed by atoms with Crippen LogP contribution in [0.3, 0.4) is 0 Å². The van der Waals surface area contributed by atoms with Gasteiger partial charge in [0.1, 0.15) is 5.69 Å². The number of carbonyl (C=O) groups is 1. The van der Waals surface area contributed by atoms with Crippen LogP contribution in [0.1, 0.15) is 35.0 Å². The Morgan fingerprint density at radius 1 is 1.25 bits per heavy atom. The predicted molar refractivity (Wildman–Crippen MR) is 83.0 cm³/mol. The number of carbonyl (C=O) groups excluding carboxylic acids is 1. The smallest absolute Gasteiger partial charge is 0.272 e. The molecule has 0 aliphatic carbocycles. The zero-order valence-electron chi connectivity index (χ0n) is 12.2. The van der Waals surface area contributed by atoms with E-state index in [1.807, 2.05) is 36.6 Å². The molecule has 0 radical (unpaired) electrons. The van der Waals surface area contributed by atoms with Crippen LogP contribution in [0.2, 0.25) is 0 Å². The summed E-state index contributed by atoms with van der Waals surface area (Å²) in [7, 11) is 0. The van der Waals surface area contributed by atoms with Gasteiger partial charge in [-0.15, -0.1) is 0 Å². The largest absolute Gasteiger partial charge is 0.397 e. The number of benzene rings is 1. The number of nitrogens with zero attached hydrogens (tertiary/aromatic N) is 1. The molecule has 0 fully saturated rings. The van der Waals surface area contributed by atoms with E-state index in [0.29, 0.717) is 11.4 Å². The summed E-state index contributed by atoms with van der Waals surface area (Å²) >= 11 is 0. The van der Waals surface area contributed by atoms with Crippen molar-refractivity contribution in [3.8, 4) is 0 Å². The van der Waals surface area contributed by atoms with E-state index in [4.69, 9.17) is 5.73 Å². The van der Waals surface area contributed by atoms with Gasteiger partial charge >= 0.3 is 0 Å². The molecule has 1 aromatic carbocycles. The van der Waals surface area contributed by atoms with E-state index in [1.54, 1.807) is 12.3 Å². The van der Waals surface area contributed by atoms with Gasteiger partial charge in [0.2, 0.25) is 0 Å². The molecule has 2 aromatic rings. The van der Waals surface area contributed by atoms with Gasteiger partial charge in [0.25, 0.3) is 5.91 Å². The summed E-state index contributed by atoms with van der Waals surface area (Å²) in [5, 5.41) is 2.92. The van der Waals surface area contributed by atoms with Crippen LogP contribution in [-0.4, -0.2) is 10.5 Å². The highest BCUT2D eigenvalue weighted by molar-refractivity contribution is 6.03. The fourth-order valence-corrected chi connectivity index (χ4v) is 2.16. The Morgan fingerprint density at radius 3 is 2.65 bits per heavy atom. The number of nitrogen functional groups attached to an aromatic ring is 1. The number of rotatable bonds is 4. The molecule has 0 atom stereocenters. The number of amides is 1. The van der Waals surface area contributed by atoms with Gasteiger partial charge in [0.05, 0.1) is 5.69 Å². The van der Waals surface area contributed by atoms with Crippen molar-refractivity contribution in [2.45, 2.75) is 33.7 Å². The Bertz CT molecular complexity index is 629. The Balaban J connectivity index is 2.21. The average molecular weight is 271 g/mol. The van der Waals surface area contributed by atoms with E-state index >= 15 is 0 Å². The number of anilines is 2. The molecule has 1 aromatic heterocycles. The molecular weight excluding hydrogens is 250 g/mol. The van der Waals surface area contributed by atoms with Gasteiger partial charge in [-0.05, 0) is 49.6 Å². The van der Waals surface area contributed by atoms with E-state index < -0.39 is 0 Å². The summed E-state index contributed by atoms with van der Waals surface area (Å²) < 4.78 is 1.89. The second-order valence-electron chi connectivity index (χ2n) is 5.11. The summed E-state index contributed by atoms with van der Waals surface area (Å²) in [6, 6.07) is 7.61. The summed E-state index contributed by atoms with van der Waals surface area (Å²) in [5.41, 5.74) is 10.2. The van der Waals surface area contributed by atoms with Crippen LogP contribution in [0.5, 0.6) is 0 Å². The first-order valence-electron chi connectivity index (χ1n) is 6.85. The monoisotopic (exact) mass is 271 g/mol. The molecule has 0 aliphatic heterocycles. The van der Waals surface area contributed by atoms with Gasteiger partial charge in [-0.3, -0.25) is 4.79 Å². The SMILES string of the molecule is CCCn1cc(N)cc1C(=O)Nc1ccc(C)c(C)c1. The molecule has 0 aliphatic rings. The van der Waals surface area contributed by atoms with Crippen molar-refractivity contribution in [1.82, 2.24) is 4.57 Å². The fraction of sp³-hybridized carbons (Fsp3) is 0.312. The first kappa shape index (κ1) is 14.2. The fourth-order valence-electron chi connectivity index (χ4n) is 2.16. The number of nitrogens with two attached hydrogens (primary N) is 1.